The number of aromatic nitrogens is 1. The van der Waals surface area contributed by atoms with Gasteiger partial charge < -0.3 is 9.64 Å². The lowest BCUT2D eigenvalue weighted by Crippen LogP contribution is -2.27. The van der Waals surface area contributed by atoms with Crippen LogP contribution in [0.5, 0.6) is 5.75 Å². The van der Waals surface area contributed by atoms with Crippen LogP contribution in [0.1, 0.15) is 13.8 Å². The van der Waals surface area contributed by atoms with Gasteiger partial charge in [-0.15, -0.1) is 0 Å². The lowest BCUT2D eigenvalue weighted by Gasteiger charge is -2.18. The number of hydrogen-bond acceptors (Lipinski definition) is 3. The quantitative estimate of drug-likeness (QED) is 0.494. The third-order valence-electron chi connectivity index (χ3n) is 4.66. The zero-order valence-electron chi connectivity index (χ0n) is 15.9. The minimum atomic E-state index is 0.703. The molecule has 0 fully saturated rings. The van der Waals surface area contributed by atoms with E-state index in [0.717, 1.165) is 52.8 Å². The predicted molar refractivity (Wildman–Crippen MR) is 113 cm³/mol. The van der Waals surface area contributed by atoms with E-state index in [9.17, 15) is 0 Å². The number of pyridine rings is 1. The first-order valence-electron chi connectivity index (χ1n) is 9.37. The molecule has 0 radical (unpaired) electrons. The Bertz CT molecular complexity index is 826. The highest BCUT2D eigenvalue weighted by Crippen LogP contribution is 2.25. The van der Waals surface area contributed by atoms with Crippen molar-refractivity contribution in [2.24, 2.45) is 0 Å². The first-order chi connectivity index (χ1) is 13.2. The number of hydrogen-bond donors (Lipinski definition) is 0. The molecule has 0 aliphatic heterocycles. The first-order valence-corrected chi connectivity index (χ1v) is 9.75. The standard InChI is InChI=1S/C23H25ClN2O/c1-3-26(4-2)15-16-27-22-12-7-19(8-13-22)23-14-9-20(17-25-23)18-5-10-21(24)11-6-18/h5-14,17H,3-4,15-16H2,1-2H3. The van der Waals surface area contributed by atoms with Crippen molar-refractivity contribution in [3.8, 4) is 28.1 Å². The van der Waals surface area contributed by atoms with Gasteiger partial charge in [-0.25, -0.2) is 0 Å². The molecule has 4 heteroatoms. The van der Waals surface area contributed by atoms with E-state index in [-0.39, 0.29) is 0 Å². The molecular weight excluding hydrogens is 356 g/mol. The fourth-order valence-electron chi connectivity index (χ4n) is 2.93. The second-order valence-electron chi connectivity index (χ2n) is 6.34. The first kappa shape index (κ1) is 19.4. The van der Waals surface area contributed by atoms with Gasteiger partial charge in [-0.05, 0) is 61.1 Å². The summed E-state index contributed by atoms with van der Waals surface area (Å²) in [6, 6.07) is 20.0. The highest BCUT2D eigenvalue weighted by Gasteiger charge is 2.04. The molecule has 3 nitrogen and oxygen atoms in total. The average molecular weight is 381 g/mol. The van der Waals surface area contributed by atoms with Crippen LogP contribution < -0.4 is 4.74 Å². The van der Waals surface area contributed by atoms with Crippen molar-refractivity contribution in [1.29, 1.82) is 0 Å². The molecule has 1 aromatic heterocycles. The number of ether oxygens (including phenoxy) is 1. The zero-order chi connectivity index (χ0) is 19.1. The van der Waals surface area contributed by atoms with Gasteiger partial charge in [-0.3, -0.25) is 4.98 Å². The van der Waals surface area contributed by atoms with E-state index in [1.807, 2.05) is 48.7 Å². The molecule has 0 spiro atoms. The number of benzene rings is 2. The van der Waals surface area contributed by atoms with Crippen molar-refractivity contribution in [3.05, 3.63) is 71.9 Å². The fraction of sp³-hybridized carbons (Fsp3) is 0.261. The molecule has 3 rings (SSSR count). The molecule has 0 saturated carbocycles. The molecule has 0 N–H and O–H groups in total. The molecule has 2 aromatic carbocycles. The Balaban J connectivity index is 1.62. The van der Waals surface area contributed by atoms with Gasteiger partial charge in [0.15, 0.2) is 0 Å². The molecule has 0 amide bonds. The maximum absolute atomic E-state index is 5.95. The van der Waals surface area contributed by atoms with Crippen LogP contribution in [0, 0.1) is 0 Å². The third-order valence-corrected chi connectivity index (χ3v) is 4.91. The van der Waals surface area contributed by atoms with Crippen molar-refractivity contribution in [3.63, 3.8) is 0 Å². The molecule has 0 saturated heterocycles. The van der Waals surface area contributed by atoms with Gasteiger partial charge in [0, 0.05) is 28.9 Å². The number of nitrogens with zero attached hydrogens (tertiary/aromatic N) is 2. The summed E-state index contributed by atoms with van der Waals surface area (Å²) in [5.41, 5.74) is 4.21. The van der Waals surface area contributed by atoms with Crippen molar-refractivity contribution in [1.82, 2.24) is 9.88 Å². The van der Waals surface area contributed by atoms with Gasteiger partial charge in [0.05, 0.1) is 5.69 Å². The van der Waals surface area contributed by atoms with Gasteiger partial charge in [0.1, 0.15) is 12.4 Å². The minimum absolute atomic E-state index is 0.703. The van der Waals surface area contributed by atoms with Crippen LogP contribution in [0.25, 0.3) is 22.4 Å². The molecule has 140 valence electrons. The lowest BCUT2D eigenvalue weighted by molar-refractivity contribution is 0.223. The summed E-state index contributed by atoms with van der Waals surface area (Å²) in [4.78, 5) is 6.95. The van der Waals surface area contributed by atoms with Crippen LogP contribution in [0.15, 0.2) is 66.9 Å². The van der Waals surface area contributed by atoms with E-state index >= 15 is 0 Å². The normalized spacial score (nSPS) is 11.0. The van der Waals surface area contributed by atoms with Crippen LogP contribution in [0.2, 0.25) is 5.02 Å². The zero-order valence-corrected chi connectivity index (χ0v) is 16.6. The summed E-state index contributed by atoms with van der Waals surface area (Å²) in [6.45, 7) is 8.09. The van der Waals surface area contributed by atoms with Crippen LogP contribution in [-0.2, 0) is 0 Å². The number of halogens is 1. The van der Waals surface area contributed by atoms with Crippen LogP contribution in [0.4, 0.5) is 0 Å². The molecule has 1 heterocycles. The topological polar surface area (TPSA) is 25.4 Å². The summed E-state index contributed by atoms with van der Waals surface area (Å²) in [5, 5.41) is 0.739. The maximum Gasteiger partial charge on any atom is 0.119 e. The van der Waals surface area contributed by atoms with Gasteiger partial charge in [0.25, 0.3) is 0 Å². The van der Waals surface area contributed by atoms with Crippen LogP contribution in [-0.4, -0.2) is 36.1 Å². The highest BCUT2D eigenvalue weighted by atomic mass is 35.5. The second-order valence-corrected chi connectivity index (χ2v) is 6.78. The molecule has 0 bridgehead atoms. The van der Waals surface area contributed by atoms with Crippen molar-refractivity contribution >= 4 is 11.6 Å². The van der Waals surface area contributed by atoms with Crippen LogP contribution in [0.3, 0.4) is 0 Å². The number of rotatable bonds is 8. The Kier molecular flexibility index (Phi) is 6.86. The average Bonchev–Trinajstić information content (AvgIpc) is 2.72. The van der Waals surface area contributed by atoms with Gasteiger partial charge in [-0.2, -0.15) is 0 Å². The Hall–Kier alpha value is -2.36. The SMILES string of the molecule is CCN(CC)CCOc1ccc(-c2ccc(-c3ccc(Cl)cc3)cn2)cc1. The number of likely N-dealkylation sites (N-methyl/N-ethyl adjacent to an activating group) is 1. The molecule has 0 unspecified atom stereocenters. The summed E-state index contributed by atoms with van der Waals surface area (Å²) < 4.78 is 5.84. The van der Waals surface area contributed by atoms with Crippen molar-refractivity contribution in [2.45, 2.75) is 13.8 Å². The summed E-state index contributed by atoms with van der Waals surface area (Å²) in [5.74, 6) is 0.892. The van der Waals surface area contributed by atoms with E-state index in [1.165, 1.54) is 0 Å². The second kappa shape index (κ2) is 9.54. The van der Waals surface area contributed by atoms with E-state index in [4.69, 9.17) is 16.3 Å². The molecular formula is C23H25ClN2O. The van der Waals surface area contributed by atoms with E-state index in [0.29, 0.717) is 6.61 Å². The van der Waals surface area contributed by atoms with Crippen molar-refractivity contribution in [2.75, 3.05) is 26.2 Å². The molecule has 0 aliphatic carbocycles. The van der Waals surface area contributed by atoms with Gasteiger partial charge in [0.2, 0.25) is 0 Å². The Morgan fingerprint density at radius 2 is 1.44 bits per heavy atom. The monoisotopic (exact) mass is 380 g/mol. The summed E-state index contributed by atoms with van der Waals surface area (Å²) in [6.07, 6.45) is 1.90. The highest BCUT2D eigenvalue weighted by molar-refractivity contribution is 6.30. The molecule has 0 aliphatic rings. The predicted octanol–water partition coefficient (Wildman–Crippen LogP) is 5.79. The minimum Gasteiger partial charge on any atom is -0.492 e. The van der Waals surface area contributed by atoms with Crippen LogP contribution >= 0.6 is 11.6 Å². The van der Waals surface area contributed by atoms with Crippen molar-refractivity contribution < 1.29 is 4.74 Å². The van der Waals surface area contributed by atoms with E-state index < -0.39 is 0 Å². The van der Waals surface area contributed by atoms with Gasteiger partial charge in [-0.1, -0.05) is 43.6 Å². The Morgan fingerprint density at radius 1 is 0.815 bits per heavy atom. The van der Waals surface area contributed by atoms with E-state index in [1.54, 1.807) is 0 Å². The fourth-order valence-corrected chi connectivity index (χ4v) is 3.06. The molecule has 0 atom stereocenters. The smallest absolute Gasteiger partial charge is 0.119 e. The van der Waals surface area contributed by atoms with Gasteiger partial charge >= 0.3 is 0 Å². The molecule has 3 aromatic rings. The van der Waals surface area contributed by atoms with E-state index in [2.05, 4.69) is 41.9 Å². The maximum atomic E-state index is 5.95. The Labute approximate surface area is 166 Å². The third kappa shape index (κ3) is 5.31. The Morgan fingerprint density at radius 3 is 2.04 bits per heavy atom. The summed E-state index contributed by atoms with van der Waals surface area (Å²) >= 11 is 5.95. The summed E-state index contributed by atoms with van der Waals surface area (Å²) in [7, 11) is 0. The lowest BCUT2D eigenvalue weighted by atomic mass is 10.1. The largest absolute Gasteiger partial charge is 0.492 e. The molecule has 27 heavy (non-hydrogen) atoms.